The molecule has 0 unspecified atom stereocenters. The van der Waals surface area contributed by atoms with Crippen molar-refractivity contribution in [3.63, 3.8) is 0 Å². The first-order chi connectivity index (χ1) is 9.77. The number of rotatable bonds is 11. The number of phenols is 1. The molecule has 1 N–H and O–H groups in total. The molecule has 3 nitrogen and oxygen atoms in total. The summed E-state index contributed by atoms with van der Waals surface area (Å²) in [4.78, 5) is 10.2. The fourth-order valence-electron chi connectivity index (χ4n) is 2.45. The van der Waals surface area contributed by atoms with E-state index in [1.165, 1.54) is 50.5 Å². The largest absolute Gasteiger partial charge is 0.508 e. The average molecular weight is 277 g/mol. The molecule has 0 saturated carbocycles. The number of benzene rings is 1. The molecule has 0 aliphatic rings. The van der Waals surface area contributed by atoms with Crippen molar-refractivity contribution < 1.29 is 5.11 Å². The summed E-state index contributed by atoms with van der Waals surface area (Å²) in [5.74, 6) is 0.275. The van der Waals surface area contributed by atoms with Gasteiger partial charge in [-0.15, -0.1) is 0 Å². The minimum atomic E-state index is 0.231. The molecule has 0 heterocycles. The number of hydrogen-bond acceptors (Lipinski definition) is 3. The van der Waals surface area contributed by atoms with Crippen molar-refractivity contribution in [1.82, 2.24) is 0 Å². The molecule has 0 radical (unpaired) electrons. The number of unbranched alkanes of at least 4 members (excludes halogenated alkanes) is 6. The Morgan fingerprint density at radius 1 is 1.00 bits per heavy atom. The van der Waals surface area contributed by atoms with E-state index in [2.05, 4.69) is 12.1 Å². The first-order valence-corrected chi connectivity index (χ1v) is 7.87. The first-order valence-electron chi connectivity index (χ1n) is 7.87. The Morgan fingerprint density at radius 3 is 2.40 bits per heavy atom. The molecule has 1 aromatic carbocycles. The van der Waals surface area contributed by atoms with E-state index in [4.69, 9.17) is 0 Å². The van der Waals surface area contributed by atoms with Crippen molar-refractivity contribution in [3.05, 3.63) is 34.2 Å². The number of nitrogens with zero attached hydrogens (tertiary/aromatic N) is 1. The molecular weight excluding hydrogens is 250 g/mol. The Balaban J connectivity index is 2.27. The van der Waals surface area contributed by atoms with Gasteiger partial charge in [0.05, 0.1) is 6.54 Å². The maximum Gasteiger partial charge on any atom is 0.118 e. The van der Waals surface area contributed by atoms with Crippen LogP contribution >= 0.6 is 0 Å². The van der Waals surface area contributed by atoms with Crippen LogP contribution in [-0.2, 0) is 12.8 Å². The Hall–Kier alpha value is -1.38. The molecular formula is C17H27NO2. The van der Waals surface area contributed by atoms with Crippen LogP contribution in [-0.4, -0.2) is 11.7 Å². The summed E-state index contributed by atoms with van der Waals surface area (Å²) in [6.45, 7) is 2.47. The lowest BCUT2D eigenvalue weighted by atomic mass is 10.0. The van der Waals surface area contributed by atoms with Gasteiger partial charge >= 0.3 is 0 Å². The number of phenolic OH excluding ortho intramolecular Hbond substituents is 1. The third-order valence-electron chi connectivity index (χ3n) is 3.69. The molecule has 0 bridgehead atoms. The van der Waals surface area contributed by atoms with Gasteiger partial charge in [-0.25, -0.2) is 0 Å². The Kier molecular flexibility index (Phi) is 8.68. The zero-order valence-electron chi connectivity index (χ0n) is 12.6. The van der Waals surface area contributed by atoms with Gasteiger partial charge in [0, 0.05) is 0 Å². The van der Waals surface area contributed by atoms with Gasteiger partial charge in [-0.2, -0.15) is 4.91 Å². The lowest BCUT2D eigenvalue weighted by Gasteiger charge is -2.07. The van der Waals surface area contributed by atoms with Crippen LogP contribution in [0.2, 0.25) is 0 Å². The van der Waals surface area contributed by atoms with Gasteiger partial charge in [-0.05, 0) is 36.5 Å². The van der Waals surface area contributed by atoms with E-state index >= 15 is 0 Å². The van der Waals surface area contributed by atoms with E-state index in [-0.39, 0.29) is 12.3 Å². The summed E-state index contributed by atoms with van der Waals surface area (Å²) in [5, 5.41) is 12.6. The van der Waals surface area contributed by atoms with E-state index in [1.54, 1.807) is 6.07 Å². The third kappa shape index (κ3) is 6.69. The summed E-state index contributed by atoms with van der Waals surface area (Å²) in [6.07, 6.45) is 10.7. The second kappa shape index (κ2) is 10.4. The normalized spacial score (nSPS) is 10.7. The Labute approximate surface area is 122 Å². The molecule has 3 heteroatoms. The van der Waals surface area contributed by atoms with Gasteiger partial charge in [0.15, 0.2) is 0 Å². The fourth-order valence-corrected chi connectivity index (χ4v) is 2.45. The minimum absolute atomic E-state index is 0.231. The quantitative estimate of drug-likeness (QED) is 0.457. The average Bonchev–Trinajstić information content (AvgIpc) is 2.46. The van der Waals surface area contributed by atoms with Crippen LogP contribution in [0.1, 0.15) is 63.0 Å². The second-order valence-corrected chi connectivity index (χ2v) is 5.44. The topological polar surface area (TPSA) is 49.7 Å². The van der Waals surface area contributed by atoms with Gasteiger partial charge in [0.1, 0.15) is 5.75 Å². The van der Waals surface area contributed by atoms with Crippen molar-refractivity contribution in [2.45, 2.75) is 64.7 Å². The highest BCUT2D eigenvalue weighted by Crippen LogP contribution is 2.20. The summed E-state index contributed by atoms with van der Waals surface area (Å²) in [5.41, 5.74) is 2.09. The molecule has 0 aliphatic carbocycles. The molecule has 0 fully saturated rings. The van der Waals surface area contributed by atoms with Gasteiger partial charge < -0.3 is 5.11 Å². The highest BCUT2D eigenvalue weighted by Gasteiger charge is 2.03. The maximum atomic E-state index is 10.2. The number of hydrogen-bond donors (Lipinski definition) is 1. The monoisotopic (exact) mass is 277 g/mol. The molecule has 20 heavy (non-hydrogen) atoms. The van der Waals surface area contributed by atoms with Gasteiger partial charge in [-0.3, -0.25) is 0 Å². The van der Waals surface area contributed by atoms with Crippen molar-refractivity contribution in [2.75, 3.05) is 6.54 Å². The molecule has 0 spiro atoms. The highest BCUT2D eigenvalue weighted by molar-refractivity contribution is 5.36. The molecule has 0 saturated heterocycles. The SMILES string of the molecule is CCCCCCCCCc1ccc(O)c(CCN=O)c1. The molecule has 0 amide bonds. The predicted molar refractivity (Wildman–Crippen MR) is 84.2 cm³/mol. The first kappa shape index (κ1) is 16.7. The maximum absolute atomic E-state index is 10.2. The van der Waals surface area contributed by atoms with Crippen LogP contribution in [0, 0.1) is 4.91 Å². The zero-order chi connectivity index (χ0) is 14.6. The van der Waals surface area contributed by atoms with Crippen molar-refractivity contribution in [2.24, 2.45) is 5.18 Å². The minimum Gasteiger partial charge on any atom is -0.508 e. The standard InChI is InChI=1S/C17H27NO2/c1-2-3-4-5-6-7-8-9-15-10-11-17(19)16(14-15)12-13-18-20/h10-11,14,19H,2-9,12-13H2,1H3. The number of aromatic hydroxyl groups is 1. The van der Waals surface area contributed by atoms with Crippen LogP contribution in [0.25, 0.3) is 0 Å². The van der Waals surface area contributed by atoms with Crippen LogP contribution in [0.5, 0.6) is 5.75 Å². The fraction of sp³-hybridized carbons (Fsp3) is 0.647. The Bertz CT molecular complexity index is 391. The van der Waals surface area contributed by atoms with Crippen LogP contribution in [0.15, 0.2) is 23.4 Å². The zero-order valence-corrected chi connectivity index (χ0v) is 12.6. The summed E-state index contributed by atoms with van der Waals surface area (Å²) < 4.78 is 0. The molecule has 112 valence electrons. The molecule has 0 atom stereocenters. The highest BCUT2D eigenvalue weighted by atomic mass is 16.3. The smallest absolute Gasteiger partial charge is 0.118 e. The molecule has 0 aliphatic heterocycles. The number of nitroso groups, excluding NO2 is 1. The van der Waals surface area contributed by atoms with Gasteiger partial charge in [0.25, 0.3) is 0 Å². The van der Waals surface area contributed by atoms with Gasteiger partial charge in [0.2, 0.25) is 0 Å². The predicted octanol–water partition coefficient (Wildman–Crippen LogP) is 4.99. The van der Waals surface area contributed by atoms with E-state index in [0.717, 1.165) is 12.0 Å². The third-order valence-corrected chi connectivity index (χ3v) is 3.69. The van der Waals surface area contributed by atoms with Gasteiger partial charge in [-0.1, -0.05) is 62.8 Å². The summed E-state index contributed by atoms with van der Waals surface area (Å²) >= 11 is 0. The van der Waals surface area contributed by atoms with Crippen LogP contribution < -0.4 is 0 Å². The summed E-state index contributed by atoms with van der Waals surface area (Å²) in [7, 11) is 0. The van der Waals surface area contributed by atoms with E-state index < -0.39 is 0 Å². The molecule has 0 aromatic heterocycles. The van der Waals surface area contributed by atoms with Crippen LogP contribution in [0.4, 0.5) is 0 Å². The lowest BCUT2D eigenvalue weighted by molar-refractivity contribution is 0.468. The second-order valence-electron chi connectivity index (χ2n) is 5.44. The molecule has 1 aromatic rings. The molecule has 1 rings (SSSR count). The van der Waals surface area contributed by atoms with Crippen molar-refractivity contribution in [3.8, 4) is 5.75 Å². The van der Waals surface area contributed by atoms with Crippen molar-refractivity contribution >= 4 is 0 Å². The van der Waals surface area contributed by atoms with E-state index in [9.17, 15) is 10.0 Å². The van der Waals surface area contributed by atoms with Crippen molar-refractivity contribution in [1.29, 1.82) is 0 Å². The lowest BCUT2D eigenvalue weighted by Crippen LogP contribution is -1.93. The van der Waals surface area contributed by atoms with Crippen LogP contribution in [0.3, 0.4) is 0 Å². The number of aryl methyl sites for hydroxylation is 1. The van der Waals surface area contributed by atoms with E-state index in [1.807, 2.05) is 12.1 Å². The summed E-state index contributed by atoms with van der Waals surface area (Å²) in [6, 6.07) is 5.72. The van der Waals surface area contributed by atoms with E-state index in [0.29, 0.717) is 6.42 Å². The Morgan fingerprint density at radius 2 is 1.70 bits per heavy atom.